The highest BCUT2D eigenvalue weighted by Crippen LogP contribution is 2.35. The largest absolute Gasteiger partial charge is 0.272 e. The van der Waals surface area contributed by atoms with Crippen LogP contribution < -0.4 is 11.0 Å². The van der Waals surface area contributed by atoms with E-state index in [0.29, 0.717) is 5.16 Å². The lowest BCUT2D eigenvalue weighted by Gasteiger charge is -2.13. The number of carbonyl (C=O) groups excluding carboxylic acids is 1. The molecule has 0 saturated carbocycles. The number of aryl methyl sites for hydroxylation is 4. The summed E-state index contributed by atoms with van der Waals surface area (Å²) < 4.78 is 3.51. The van der Waals surface area contributed by atoms with Gasteiger partial charge < -0.3 is 0 Å². The zero-order valence-electron chi connectivity index (χ0n) is 23.2. The topological polar surface area (TPSA) is 94.2 Å². The first-order chi connectivity index (χ1) is 19.9. The van der Waals surface area contributed by atoms with Crippen molar-refractivity contribution in [3.63, 3.8) is 0 Å². The molecule has 0 saturated heterocycles. The van der Waals surface area contributed by atoms with E-state index in [4.69, 9.17) is 4.98 Å². The van der Waals surface area contributed by atoms with Crippen LogP contribution >= 0.6 is 23.1 Å². The van der Waals surface area contributed by atoms with E-state index in [2.05, 4.69) is 15.6 Å². The van der Waals surface area contributed by atoms with Crippen molar-refractivity contribution in [1.29, 1.82) is 0 Å². The first kappa shape index (κ1) is 27.2. The third-order valence-corrected chi connectivity index (χ3v) is 9.44. The minimum absolute atomic E-state index is 0.0630. The zero-order valence-corrected chi connectivity index (χ0v) is 24.8. The summed E-state index contributed by atoms with van der Waals surface area (Å²) >= 11 is 2.85. The van der Waals surface area contributed by atoms with Gasteiger partial charge in [0.1, 0.15) is 4.83 Å². The summed E-state index contributed by atoms with van der Waals surface area (Å²) in [5, 5.41) is 10.1. The van der Waals surface area contributed by atoms with E-state index in [1.165, 1.54) is 16.6 Å². The summed E-state index contributed by atoms with van der Waals surface area (Å²) in [6.45, 7) is 5.90. The van der Waals surface area contributed by atoms with Crippen LogP contribution in [0.3, 0.4) is 0 Å². The number of hydrazone groups is 1. The van der Waals surface area contributed by atoms with Gasteiger partial charge in [0.05, 0.1) is 40.1 Å². The fraction of sp³-hybridized carbons (Fsp3) is 0.258. The average molecular weight is 583 g/mol. The molecule has 0 atom stereocenters. The van der Waals surface area contributed by atoms with Gasteiger partial charge in [-0.1, -0.05) is 47.7 Å². The Kier molecular flexibility index (Phi) is 7.59. The number of thioether (sulfide) groups is 1. The zero-order chi connectivity index (χ0) is 28.5. The molecule has 208 valence electrons. The highest BCUT2D eigenvalue weighted by atomic mass is 32.2. The summed E-state index contributed by atoms with van der Waals surface area (Å²) in [4.78, 5) is 33.6. The summed E-state index contributed by atoms with van der Waals surface area (Å²) in [7, 11) is 0. The van der Waals surface area contributed by atoms with Crippen LogP contribution in [0, 0.1) is 20.8 Å². The van der Waals surface area contributed by atoms with Gasteiger partial charge in [0.25, 0.3) is 11.5 Å². The van der Waals surface area contributed by atoms with Crippen molar-refractivity contribution in [2.75, 3.05) is 5.75 Å². The number of carbonyl (C=O) groups is 1. The second-order valence-corrected chi connectivity index (χ2v) is 12.2. The monoisotopic (exact) mass is 582 g/mol. The Morgan fingerprint density at radius 3 is 2.59 bits per heavy atom. The Bertz CT molecular complexity index is 1840. The van der Waals surface area contributed by atoms with Crippen molar-refractivity contribution in [3.05, 3.63) is 97.9 Å². The van der Waals surface area contributed by atoms with Gasteiger partial charge in [0, 0.05) is 10.4 Å². The minimum Gasteiger partial charge on any atom is -0.272 e. The van der Waals surface area contributed by atoms with Gasteiger partial charge in [-0.05, 0) is 76.3 Å². The van der Waals surface area contributed by atoms with Crippen LogP contribution in [-0.2, 0) is 17.6 Å². The molecular formula is C31H30N6O2S2. The minimum atomic E-state index is -0.285. The molecule has 1 aliphatic rings. The molecular weight excluding hydrogens is 553 g/mol. The Hall–Kier alpha value is -4.02. The summed E-state index contributed by atoms with van der Waals surface area (Å²) in [6.07, 6.45) is 5.76. The van der Waals surface area contributed by atoms with Crippen molar-refractivity contribution in [2.24, 2.45) is 5.10 Å². The number of para-hydroxylation sites is 1. The standard InChI is InChI=1S/C31H30N6O2S2/c1-19-13-15-22(16-14-19)36-30(39)28-24-11-7-8-12-26(24)41-29(28)33-31(36)40-18-27(38)34-32-17-25-20(2)35-37(21(25)3)23-9-5-4-6-10-23/h4-6,9-10,13-17H,7-8,11-12,18H2,1-3H3,(H,34,38)/b32-17-. The molecule has 0 aliphatic heterocycles. The number of fused-ring (bicyclic) bond motifs is 3. The maximum atomic E-state index is 13.9. The predicted molar refractivity (Wildman–Crippen MR) is 166 cm³/mol. The van der Waals surface area contributed by atoms with Gasteiger partial charge in [-0.15, -0.1) is 11.3 Å². The number of aromatic nitrogens is 4. The molecule has 0 bridgehead atoms. The number of nitrogens with one attached hydrogen (secondary N) is 1. The van der Waals surface area contributed by atoms with E-state index in [0.717, 1.165) is 75.4 Å². The first-order valence-corrected chi connectivity index (χ1v) is 15.4. The van der Waals surface area contributed by atoms with Crippen LogP contribution in [0.5, 0.6) is 0 Å². The summed E-state index contributed by atoms with van der Waals surface area (Å²) in [6, 6.07) is 17.7. The van der Waals surface area contributed by atoms with Crippen molar-refractivity contribution in [3.8, 4) is 11.4 Å². The first-order valence-electron chi connectivity index (χ1n) is 13.6. The van der Waals surface area contributed by atoms with Crippen molar-refractivity contribution >= 4 is 45.4 Å². The van der Waals surface area contributed by atoms with E-state index < -0.39 is 0 Å². The fourth-order valence-corrected chi connectivity index (χ4v) is 7.31. The van der Waals surface area contributed by atoms with Gasteiger partial charge in [-0.2, -0.15) is 10.2 Å². The number of thiophene rings is 1. The summed E-state index contributed by atoms with van der Waals surface area (Å²) in [5.74, 6) is -0.222. The lowest BCUT2D eigenvalue weighted by Crippen LogP contribution is -2.24. The average Bonchev–Trinajstić information content (AvgIpc) is 3.49. The number of amides is 1. The fourth-order valence-electron chi connectivity index (χ4n) is 5.20. The SMILES string of the molecule is Cc1ccc(-n2c(SCC(=O)N/N=C\c3c(C)nn(-c4ccccc4)c3C)nc3sc4c(c3c2=O)CCCC4)cc1. The molecule has 1 N–H and O–H groups in total. The Morgan fingerprint density at radius 1 is 1.05 bits per heavy atom. The molecule has 0 fully saturated rings. The van der Waals surface area contributed by atoms with E-state index in [1.807, 2.05) is 80.1 Å². The number of hydrogen-bond donors (Lipinski definition) is 1. The number of hydrogen-bond acceptors (Lipinski definition) is 7. The summed E-state index contributed by atoms with van der Waals surface area (Å²) in [5.41, 5.74) is 9.12. The van der Waals surface area contributed by atoms with Crippen LogP contribution in [0.25, 0.3) is 21.6 Å². The van der Waals surface area contributed by atoms with E-state index in [9.17, 15) is 9.59 Å². The molecule has 8 nitrogen and oxygen atoms in total. The van der Waals surface area contributed by atoms with Gasteiger partial charge in [-0.25, -0.2) is 15.1 Å². The van der Waals surface area contributed by atoms with E-state index in [1.54, 1.807) is 22.1 Å². The maximum absolute atomic E-state index is 13.9. The predicted octanol–water partition coefficient (Wildman–Crippen LogP) is 5.68. The van der Waals surface area contributed by atoms with Crippen molar-refractivity contribution in [1.82, 2.24) is 24.8 Å². The maximum Gasteiger partial charge on any atom is 0.267 e. The van der Waals surface area contributed by atoms with Crippen LogP contribution in [0.15, 0.2) is 69.6 Å². The number of rotatable bonds is 7. The molecule has 0 unspecified atom stereocenters. The number of benzene rings is 2. The van der Waals surface area contributed by atoms with E-state index >= 15 is 0 Å². The van der Waals surface area contributed by atoms with Gasteiger partial charge >= 0.3 is 0 Å². The Morgan fingerprint density at radius 2 is 1.80 bits per heavy atom. The molecule has 5 aromatic rings. The quantitative estimate of drug-likeness (QED) is 0.115. The molecule has 10 heteroatoms. The smallest absolute Gasteiger partial charge is 0.267 e. The molecule has 3 aromatic heterocycles. The molecule has 41 heavy (non-hydrogen) atoms. The highest BCUT2D eigenvalue weighted by molar-refractivity contribution is 7.99. The van der Waals surface area contributed by atoms with Crippen LogP contribution in [0.2, 0.25) is 0 Å². The van der Waals surface area contributed by atoms with Gasteiger partial charge in [0.15, 0.2) is 5.16 Å². The lowest BCUT2D eigenvalue weighted by molar-refractivity contribution is -0.118. The normalized spacial score (nSPS) is 13.1. The van der Waals surface area contributed by atoms with Crippen molar-refractivity contribution < 1.29 is 4.79 Å². The van der Waals surface area contributed by atoms with Crippen LogP contribution in [-0.4, -0.2) is 37.2 Å². The molecule has 6 rings (SSSR count). The third-order valence-electron chi connectivity index (χ3n) is 7.31. The van der Waals surface area contributed by atoms with Crippen LogP contribution in [0.4, 0.5) is 0 Å². The second-order valence-electron chi connectivity index (χ2n) is 10.2. The molecule has 1 aliphatic carbocycles. The lowest BCUT2D eigenvalue weighted by atomic mass is 9.97. The number of nitrogens with zero attached hydrogens (tertiary/aromatic N) is 5. The molecule has 3 heterocycles. The van der Waals surface area contributed by atoms with Gasteiger partial charge in [0.2, 0.25) is 0 Å². The molecule has 0 spiro atoms. The highest BCUT2D eigenvalue weighted by Gasteiger charge is 2.23. The molecule has 1 amide bonds. The molecule has 2 aromatic carbocycles. The van der Waals surface area contributed by atoms with Crippen LogP contribution in [0.1, 0.15) is 45.8 Å². The molecule has 0 radical (unpaired) electrons. The second kappa shape index (κ2) is 11.5. The van der Waals surface area contributed by atoms with Crippen molar-refractivity contribution in [2.45, 2.75) is 51.6 Å². The Balaban J connectivity index is 1.23. The Labute approximate surface area is 246 Å². The van der Waals surface area contributed by atoms with Gasteiger partial charge in [-0.3, -0.25) is 14.2 Å². The third kappa shape index (κ3) is 5.37. The van der Waals surface area contributed by atoms with E-state index in [-0.39, 0.29) is 17.2 Å².